The molecule has 0 spiro atoms. The van der Waals surface area contributed by atoms with E-state index in [9.17, 15) is 32.7 Å². The van der Waals surface area contributed by atoms with E-state index in [1.807, 2.05) is 30.3 Å². The van der Waals surface area contributed by atoms with Crippen LogP contribution in [0.15, 0.2) is 53.5 Å². The first-order valence-electron chi connectivity index (χ1n) is 9.74. The normalized spacial score (nSPS) is 11.6. The molecule has 1 atom stereocenters. The van der Waals surface area contributed by atoms with Crippen molar-refractivity contribution >= 4 is 17.8 Å². The van der Waals surface area contributed by atoms with Crippen LogP contribution in [0.4, 0.5) is 13.2 Å². The highest BCUT2D eigenvalue weighted by molar-refractivity contribution is 5.96. The minimum absolute atomic E-state index is 0.0755. The van der Waals surface area contributed by atoms with Gasteiger partial charge >= 0.3 is 18.1 Å². The van der Waals surface area contributed by atoms with Crippen molar-refractivity contribution in [1.29, 1.82) is 0 Å². The third kappa shape index (κ3) is 9.56. The first kappa shape index (κ1) is 27.4. The average Bonchev–Trinajstić information content (AvgIpc) is 2.75. The molecule has 0 aliphatic rings. The second-order valence-corrected chi connectivity index (χ2v) is 6.79. The van der Waals surface area contributed by atoms with Crippen LogP contribution in [-0.2, 0) is 16.1 Å². The second-order valence-electron chi connectivity index (χ2n) is 6.79. The first-order valence-corrected chi connectivity index (χ1v) is 9.74. The Morgan fingerprint density at radius 2 is 1.64 bits per heavy atom. The molecule has 2 rings (SSSR count). The van der Waals surface area contributed by atoms with Crippen LogP contribution in [0.3, 0.4) is 0 Å². The van der Waals surface area contributed by atoms with E-state index in [4.69, 9.17) is 15.6 Å². The number of hydrogen-bond acceptors (Lipinski definition) is 5. The van der Waals surface area contributed by atoms with Gasteiger partial charge in [-0.3, -0.25) is 9.59 Å². The van der Waals surface area contributed by atoms with Crippen molar-refractivity contribution in [3.8, 4) is 0 Å². The summed E-state index contributed by atoms with van der Waals surface area (Å²) in [6.07, 6.45) is -1.96. The number of carbonyl (C=O) groups is 3. The maximum absolute atomic E-state index is 12.6. The van der Waals surface area contributed by atoms with Gasteiger partial charge in [0, 0.05) is 6.20 Å². The number of nitrogens with one attached hydrogen (secondary N) is 1. The summed E-state index contributed by atoms with van der Waals surface area (Å²) in [5, 5.41) is 18.8. The van der Waals surface area contributed by atoms with E-state index in [1.54, 1.807) is 12.3 Å². The van der Waals surface area contributed by atoms with Gasteiger partial charge in [0.1, 0.15) is 11.6 Å². The molecule has 12 heteroatoms. The number of hydrogen-bond donors (Lipinski definition) is 4. The number of aromatic nitrogens is 1. The van der Waals surface area contributed by atoms with Gasteiger partial charge in [-0.1, -0.05) is 30.3 Å². The summed E-state index contributed by atoms with van der Waals surface area (Å²) in [7, 11) is 0. The van der Waals surface area contributed by atoms with Crippen molar-refractivity contribution in [3.63, 3.8) is 0 Å². The van der Waals surface area contributed by atoms with Crippen LogP contribution in [-0.4, -0.2) is 51.4 Å². The largest absolute Gasteiger partial charge is 0.490 e. The molecular formula is C21H24F3N3O6. The molecule has 0 radical (unpaired) electrons. The molecule has 0 saturated heterocycles. The van der Waals surface area contributed by atoms with E-state index in [1.165, 1.54) is 10.6 Å². The van der Waals surface area contributed by atoms with Crippen molar-refractivity contribution in [2.24, 2.45) is 5.73 Å². The Morgan fingerprint density at radius 1 is 1.03 bits per heavy atom. The number of benzene rings is 1. The molecule has 0 unspecified atom stereocenters. The first-order chi connectivity index (χ1) is 15.5. The highest BCUT2D eigenvalue weighted by atomic mass is 19.4. The lowest BCUT2D eigenvalue weighted by Gasteiger charge is -2.15. The van der Waals surface area contributed by atoms with Gasteiger partial charge in [0.05, 0.1) is 6.54 Å². The van der Waals surface area contributed by atoms with Gasteiger partial charge in [-0.15, -0.1) is 0 Å². The van der Waals surface area contributed by atoms with Crippen molar-refractivity contribution in [2.45, 2.75) is 38.0 Å². The standard InChI is InChI=1S/C19H23N3O4.C2HF3O2/c20-11-5-4-10-16(19(25)26)21-17(23)15-9-6-12-22(18(15)24)13-14-7-2-1-3-8-14;3-2(4,5)1(6)7/h1-3,6-9,12,16H,4-5,10-11,13,20H2,(H,21,23)(H,25,26);(H,6,7)/t16-;/m0./s1. The van der Waals surface area contributed by atoms with Gasteiger partial charge in [0.25, 0.3) is 11.5 Å². The number of carbonyl (C=O) groups excluding carboxylic acids is 1. The average molecular weight is 471 g/mol. The predicted octanol–water partition coefficient (Wildman–Crippen LogP) is 1.84. The van der Waals surface area contributed by atoms with Gasteiger partial charge in [-0.2, -0.15) is 13.2 Å². The van der Waals surface area contributed by atoms with Gasteiger partial charge in [-0.05, 0) is 43.5 Å². The smallest absolute Gasteiger partial charge is 0.480 e. The molecule has 0 aliphatic heterocycles. The fraction of sp³-hybridized carbons (Fsp3) is 0.333. The summed E-state index contributed by atoms with van der Waals surface area (Å²) in [5.74, 6) is -4.57. The summed E-state index contributed by atoms with van der Waals surface area (Å²) in [4.78, 5) is 45.2. The number of aliphatic carboxylic acids is 2. The molecule has 2 aromatic rings. The van der Waals surface area contributed by atoms with Gasteiger partial charge < -0.3 is 25.8 Å². The summed E-state index contributed by atoms with van der Waals surface area (Å²) >= 11 is 0. The quantitative estimate of drug-likeness (QED) is 0.407. The number of alkyl halides is 3. The van der Waals surface area contributed by atoms with Gasteiger partial charge in [-0.25, -0.2) is 9.59 Å². The molecule has 1 heterocycles. The zero-order chi connectivity index (χ0) is 25.0. The third-order valence-electron chi connectivity index (χ3n) is 4.25. The van der Waals surface area contributed by atoms with Crippen molar-refractivity contribution in [1.82, 2.24) is 9.88 Å². The molecular weight excluding hydrogens is 447 g/mol. The monoisotopic (exact) mass is 471 g/mol. The molecule has 1 aromatic carbocycles. The molecule has 0 bridgehead atoms. The maximum atomic E-state index is 12.6. The minimum atomic E-state index is -5.08. The molecule has 5 N–H and O–H groups in total. The van der Waals surface area contributed by atoms with Gasteiger partial charge in [0.15, 0.2) is 0 Å². The fourth-order valence-corrected chi connectivity index (χ4v) is 2.60. The lowest BCUT2D eigenvalue weighted by atomic mass is 10.1. The topological polar surface area (TPSA) is 152 Å². The van der Waals surface area contributed by atoms with Crippen molar-refractivity contribution in [2.75, 3.05) is 6.54 Å². The van der Waals surface area contributed by atoms with Crippen molar-refractivity contribution in [3.05, 3.63) is 70.1 Å². The molecule has 0 saturated carbocycles. The van der Waals surface area contributed by atoms with E-state index in [2.05, 4.69) is 5.32 Å². The zero-order valence-corrected chi connectivity index (χ0v) is 17.4. The molecule has 33 heavy (non-hydrogen) atoms. The van der Waals surface area contributed by atoms with E-state index >= 15 is 0 Å². The Labute approximate surface area is 186 Å². The Bertz CT molecular complexity index is 993. The molecule has 0 fully saturated rings. The number of pyridine rings is 1. The highest BCUT2D eigenvalue weighted by Crippen LogP contribution is 2.13. The number of carboxylic acids is 2. The van der Waals surface area contributed by atoms with Crippen LogP contribution >= 0.6 is 0 Å². The van der Waals surface area contributed by atoms with Crippen LogP contribution in [0, 0.1) is 0 Å². The summed E-state index contributed by atoms with van der Waals surface area (Å²) in [6.45, 7) is 0.794. The zero-order valence-electron chi connectivity index (χ0n) is 17.4. The molecule has 1 amide bonds. The maximum Gasteiger partial charge on any atom is 0.490 e. The fourth-order valence-electron chi connectivity index (χ4n) is 2.60. The Kier molecular flexibility index (Phi) is 10.8. The van der Waals surface area contributed by atoms with E-state index in [0.717, 1.165) is 5.56 Å². The lowest BCUT2D eigenvalue weighted by Crippen LogP contribution is -2.43. The number of nitrogens with zero attached hydrogens (tertiary/aromatic N) is 1. The van der Waals surface area contributed by atoms with Crippen LogP contribution < -0.4 is 16.6 Å². The Morgan fingerprint density at radius 3 is 2.15 bits per heavy atom. The van der Waals surface area contributed by atoms with Crippen LogP contribution in [0.2, 0.25) is 0 Å². The molecule has 9 nitrogen and oxygen atoms in total. The molecule has 1 aromatic heterocycles. The summed E-state index contributed by atoms with van der Waals surface area (Å²) in [5.41, 5.74) is 5.80. The van der Waals surface area contributed by atoms with E-state index in [0.29, 0.717) is 25.9 Å². The van der Waals surface area contributed by atoms with E-state index < -0.39 is 35.6 Å². The number of nitrogens with two attached hydrogens (primary N) is 1. The minimum Gasteiger partial charge on any atom is -0.480 e. The van der Waals surface area contributed by atoms with Crippen LogP contribution in [0.1, 0.15) is 35.2 Å². The Balaban J connectivity index is 0.000000675. The van der Waals surface area contributed by atoms with Gasteiger partial charge in [0.2, 0.25) is 0 Å². The third-order valence-corrected chi connectivity index (χ3v) is 4.25. The predicted molar refractivity (Wildman–Crippen MR) is 112 cm³/mol. The second kappa shape index (κ2) is 13.0. The van der Waals surface area contributed by atoms with Crippen LogP contribution in [0.25, 0.3) is 0 Å². The highest BCUT2D eigenvalue weighted by Gasteiger charge is 2.38. The lowest BCUT2D eigenvalue weighted by molar-refractivity contribution is -0.192. The molecule has 180 valence electrons. The van der Waals surface area contributed by atoms with Crippen LogP contribution in [0.5, 0.6) is 0 Å². The number of carboxylic acid groups (broad SMARTS) is 2. The SMILES string of the molecule is NCCCC[C@H](NC(=O)c1cccn(Cc2ccccc2)c1=O)C(=O)O.O=C(O)C(F)(F)F. The number of halogens is 3. The summed E-state index contributed by atoms with van der Waals surface area (Å²) < 4.78 is 33.2. The number of amides is 1. The number of unbranched alkanes of at least 4 members (excludes halogenated alkanes) is 1. The molecule has 0 aliphatic carbocycles. The van der Waals surface area contributed by atoms with Crippen molar-refractivity contribution < 1.29 is 37.8 Å². The summed E-state index contributed by atoms with van der Waals surface area (Å²) in [6, 6.07) is 11.4. The number of rotatable bonds is 9. The Hall–Kier alpha value is -3.67. The van der Waals surface area contributed by atoms with E-state index in [-0.39, 0.29) is 12.0 Å².